The second-order valence-corrected chi connectivity index (χ2v) is 10.6. The van der Waals surface area contributed by atoms with E-state index in [1.54, 1.807) is 6.92 Å². The van der Waals surface area contributed by atoms with Crippen LogP contribution in [0.5, 0.6) is 0 Å². The molecule has 0 aliphatic carbocycles. The maximum Gasteiger partial charge on any atom is 0.451 e. The highest BCUT2D eigenvalue weighted by Gasteiger charge is 2.55. The Hall–Kier alpha value is -1.30. The van der Waals surface area contributed by atoms with E-state index >= 15 is 0 Å². The van der Waals surface area contributed by atoms with Gasteiger partial charge in [-0.15, -0.1) is 0 Å². The van der Waals surface area contributed by atoms with Gasteiger partial charge in [0.2, 0.25) is 15.8 Å². The Morgan fingerprint density at radius 1 is 1.13 bits per heavy atom. The standard InChI is InChI=1S/C19H27F3N4O3S/c1-3-15-16(13(2)23-17(24-15)19(20,21)22)30(27,28)26-11-18(12-26)9-25(10-18)8-14-4-6-29-7-5-14/h14H,3-12H2,1-2H3. The smallest absolute Gasteiger partial charge is 0.381 e. The molecule has 0 bridgehead atoms. The first-order valence-corrected chi connectivity index (χ1v) is 11.7. The van der Waals surface area contributed by atoms with Crippen LogP contribution >= 0.6 is 0 Å². The van der Waals surface area contributed by atoms with Gasteiger partial charge in [0, 0.05) is 51.4 Å². The molecule has 1 aromatic heterocycles. The van der Waals surface area contributed by atoms with Crippen molar-refractivity contribution < 1.29 is 26.3 Å². The maximum absolute atomic E-state index is 13.1. The Labute approximate surface area is 174 Å². The number of aryl methyl sites for hydroxylation is 2. The van der Waals surface area contributed by atoms with Crippen molar-refractivity contribution in [1.29, 1.82) is 0 Å². The van der Waals surface area contributed by atoms with Crippen molar-refractivity contribution in [2.75, 3.05) is 45.9 Å². The lowest BCUT2D eigenvalue weighted by Gasteiger charge is -2.60. The molecule has 3 aliphatic rings. The van der Waals surface area contributed by atoms with Gasteiger partial charge in [-0.2, -0.15) is 17.5 Å². The van der Waals surface area contributed by atoms with Crippen LogP contribution in [0.15, 0.2) is 4.90 Å². The molecule has 0 N–H and O–H groups in total. The number of ether oxygens (including phenoxy) is 1. The lowest BCUT2D eigenvalue weighted by molar-refractivity contribution is -0.145. The number of nitrogens with zero attached hydrogens (tertiary/aromatic N) is 4. The molecular formula is C19H27F3N4O3S. The molecule has 168 valence electrons. The second-order valence-electron chi connectivity index (χ2n) is 8.76. The first-order chi connectivity index (χ1) is 14.0. The molecule has 0 saturated carbocycles. The average molecular weight is 449 g/mol. The summed E-state index contributed by atoms with van der Waals surface area (Å²) in [7, 11) is -3.92. The van der Waals surface area contributed by atoms with Crippen molar-refractivity contribution in [2.45, 2.75) is 44.2 Å². The highest BCUT2D eigenvalue weighted by atomic mass is 32.2. The Morgan fingerprint density at radius 3 is 2.33 bits per heavy atom. The van der Waals surface area contributed by atoms with E-state index in [1.807, 2.05) is 0 Å². The zero-order chi connectivity index (χ0) is 21.7. The van der Waals surface area contributed by atoms with E-state index in [-0.39, 0.29) is 28.1 Å². The molecule has 3 fully saturated rings. The normalized spacial score (nSPS) is 23.4. The zero-order valence-electron chi connectivity index (χ0n) is 17.2. The molecule has 1 aromatic rings. The molecule has 7 nitrogen and oxygen atoms in total. The summed E-state index contributed by atoms with van der Waals surface area (Å²) < 4.78 is 72.1. The fourth-order valence-corrected chi connectivity index (χ4v) is 6.90. The Kier molecular flexibility index (Phi) is 5.61. The number of aromatic nitrogens is 2. The van der Waals surface area contributed by atoms with Crippen LogP contribution in [0.4, 0.5) is 13.2 Å². The van der Waals surface area contributed by atoms with Gasteiger partial charge in [-0.1, -0.05) is 6.92 Å². The lowest BCUT2D eigenvalue weighted by atomic mass is 9.74. The van der Waals surface area contributed by atoms with E-state index in [1.165, 1.54) is 11.2 Å². The van der Waals surface area contributed by atoms with Crippen molar-refractivity contribution in [3.63, 3.8) is 0 Å². The van der Waals surface area contributed by atoms with Gasteiger partial charge in [-0.3, -0.25) is 0 Å². The van der Waals surface area contributed by atoms with Crippen molar-refractivity contribution in [3.8, 4) is 0 Å². The molecule has 4 heterocycles. The number of alkyl halides is 3. The van der Waals surface area contributed by atoms with E-state index in [9.17, 15) is 21.6 Å². The maximum atomic E-state index is 13.1. The summed E-state index contributed by atoms with van der Waals surface area (Å²) in [6.45, 7) is 8.04. The fourth-order valence-electron chi connectivity index (χ4n) is 4.85. The third-order valence-corrected chi connectivity index (χ3v) is 8.28. The van der Waals surface area contributed by atoms with E-state index in [4.69, 9.17) is 4.74 Å². The summed E-state index contributed by atoms with van der Waals surface area (Å²) >= 11 is 0. The Morgan fingerprint density at radius 2 is 1.77 bits per heavy atom. The number of hydrogen-bond acceptors (Lipinski definition) is 6. The van der Waals surface area contributed by atoms with Crippen LogP contribution in [0.2, 0.25) is 0 Å². The quantitative estimate of drug-likeness (QED) is 0.687. The molecule has 0 atom stereocenters. The molecule has 0 amide bonds. The summed E-state index contributed by atoms with van der Waals surface area (Å²) in [4.78, 5) is 9.16. The topological polar surface area (TPSA) is 75.6 Å². The third kappa shape index (κ3) is 3.96. The average Bonchev–Trinajstić information content (AvgIpc) is 2.61. The van der Waals surface area contributed by atoms with E-state index in [0.717, 1.165) is 45.7 Å². The molecule has 1 spiro atoms. The fraction of sp³-hybridized carbons (Fsp3) is 0.789. The van der Waals surface area contributed by atoms with Gasteiger partial charge in [0.25, 0.3) is 0 Å². The third-order valence-electron chi connectivity index (χ3n) is 6.29. The van der Waals surface area contributed by atoms with Crippen LogP contribution < -0.4 is 0 Å². The Balaban J connectivity index is 1.42. The van der Waals surface area contributed by atoms with Gasteiger partial charge < -0.3 is 9.64 Å². The van der Waals surface area contributed by atoms with E-state index in [0.29, 0.717) is 19.0 Å². The number of rotatable bonds is 5. The van der Waals surface area contributed by atoms with Crippen LogP contribution in [0.1, 0.15) is 37.0 Å². The Bertz CT molecular complexity index is 902. The minimum absolute atomic E-state index is 0.0364. The van der Waals surface area contributed by atoms with Gasteiger partial charge in [-0.05, 0) is 32.1 Å². The molecular weight excluding hydrogens is 421 g/mol. The summed E-state index contributed by atoms with van der Waals surface area (Å²) in [5.41, 5.74) is -0.263. The number of hydrogen-bond donors (Lipinski definition) is 0. The molecule has 0 unspecified atom stereocenters. The molecule has 11 heteroatoms. The lowest BCUT2D eigenvalue weighted by Crippen LogP contribution is -2.73. The summed E-state index contributed by atoms with van der Waals surface area (Å²) in [5, 5.41) is 0. The van der Waals surface area contributed by atoms with Gasteiger partial charge in [0.1, 0.15) is 4.90 Å². The monoisotopic (exact) mass is 448 g/mol. The van der Waals surface area contributed by atoms with Gasteiger partial charge in [0.15, 0.2) is 0 Å². The van der Waals surface area contributed by atoms with Crippen LogP contribution in [-0.4, -0.2) is 73.5 Å². The zero-order valence-corrected chi connectivity index (χ0v) is 18.0. The van der Waals surface area contributed by atoms with Gasteiger partial charge >= 0.3 is 6.18 Å². The molecule has 0 radical (unpaired) electrons. The van der Waals surface area contributed by atoms with Crippen molar-refractivity contribution >= 4 is 10.0 Å². The van der Waals surface area contributed by atoms with E-state index in [2.05, 4.69) is 14.9 Å². The predicted molar refractivity (Wildman–Crippen MR) is 102 cm³/mol. The predicted octanol–water partition coefficient (Wildman–Crippen LogP) is 2.10. The first-order valence-electron chi connectivity index (χ1n) is 10.3. The number of sulfonamides is 1. The highest BCUT2D eigenvalue weighted by molar-refractivity contribution is 7.89. The minimum Gasteiger partial charge on any atom is -0.381 e. The molecule has 3 aliphatic heterocycles. The SMILES string of the molecule is CCc1nc(C(F)(F)F)nc(C)c1S(=O)(=O)N1CC2(CN(CC3CCOCC3)C2)C1. The van der Waals surface area contributed by atoms with Crippen LogP contribution in [-0.2, 0) is 27.4 Å². The molecule has 4 rings (SSSR count). The summed E-state index contributed by atoms with van der Waals surface area (Å²) in [6, 6.07) is 0. The highest BCUT2D eigenvalue weighted by Crippen LogP contribution is 2.43. The van der Waals surface area contributed by atoms with Gasteiger partial charge in [0.05, 0.1) is 11.4 Å². The van der Waals surface area contributed by atoms with Crippen LogP contribution in [0.25, 0.3) is 0 Å². The number of likely N-dealkylation sites (tertiary alicyclic amines) is 1. The van der Waals surface area contributed by atoms with Crippen LogP contribution in [0.3, 0.4) is 0 Å². The summed E-state index contributed by atoms with van der Waals surface area (Å²) in [5.74, 6) is -0.659. The second kappa shape index (κ2) is 7.68. The summed E-state index contributed by atoms with van der Waals surface area (Å²) in [6.07, 6.45) is -2.50. The van der Waals surface area contributed by atoms with Crippen molar-refractivity contribution in [2.24, 2.45) is 11.3 Å². The van der Waals surface area contributed by atoms with Gasteiger partial charge in [-0.25, -0.2) is 18.4 Å². The molecule has 30 heavy (non-hydrogen) atoms. The molecule has 0 aromatic carbocycles. The van der Waals surface area contributed by atoms with Crippen molar-refractivity contribution in [1.82, 2.24) is 19.2 Å². The number of halogens is 3. The van der Waals surface area contributed by atoms with E-state index < -0.39 is 22.0 Å². The first kappa shape index (κ1) is 21.9. The largest absolute Gasteiger partial charge is 0.451 e. The van der Waals surface area contributed by atoms with Crippen molar-refractivity contribution in [3.05, 3.63) is 17.2 Å². The molecule has 3 saturated heterocycles. The minimum atomic E-state index is -4.71. The van der Waals surface area contributed by atoms with Crippen LogP contribution in [0, 0.1) is 18.3 Å².